The number of halogens is 1. The summed E-state index contributed by atoms with van der Waals surface area (Å²) in [6.07, 6.45) is 2.76. The highest BCUT2D eigenvalue weighted by Gasteiger charge is 1.98. The average molecular weight is 268 g/mol. The van der Waals surface area contributed by atoms with Crippen molar-refractivity contribution in [3.8, 4) is 0 Å². The second-order valence-electron chi connectivity index (χ2n) is 2.71. The van der Waals surface area contributed by atoms with Gasteiger partial charge >= 0.3 is 6.03 Å². The minimum atomic E-state index is -1.11. The summed E-state index contributed by atoms with van der Waals surface area (Å²) >= 11 is 3.29. The Hall–Kier alpha value is -1.62. The molecule has 0 aliphatic rings. The van der Waals surface area contributed by atoms with Gasteiger partial charge in [-0.05, 0) is 23.8 Å². The lowest BCUT2D eigenvalue weighted by Gasteiger charge is -1.95. The van der Waals surface area contributed by atoms with E-state index < -0.39 is 11.9 Å². The van der Waals surface area contributed by atoms with E-state index in [2.05, 4.69) is 15.9 Å². The molecule has 3 amide bonds. The molecule has 0 aliphatic carbocycles. The molecule has 2 N–H and O–H groups in total. The number of carbonyl (C=O) groups excluding carboxylic acids is 2. The summed E-state index contributed by atoms with van der Waals surface area (Å²) in [5.41, 5.74) is 7.34. The molecule has 1 rings (SSSR count). The van der Waals surface area contributed by atoms with E-state index in [0.717, 1.165) is 10.0 Å². The zero-order valence-electron chi connectivity index (χ0n) is 7.66. The fraction of sp³-hybridized carbons (Fsp3) is 0. The topological polar surface area (TPSA) is 70.0 Å². The summed E-state index contributed by atoms with van der Waals surface area (Å²) in [6, 6.07) is 6.23. The summed E-state index contributed by atoms with van der Waals surface area (Å²) in [5.74, 6) is -0.602. The Morgan fingerprint density at radius 1 is 1.40 bits per heavy atom. The molecule has 4 nitrogen and oxygen atoms in total. The molecule has 1 aromatic rings. The van der Waals surface area contributed by atoms with E-state index in [4.69, 9.17) is 5.73 Å². The molecule has 0 bridgehead atoms. The van der Waals surface area contributed by atoms with Crippen LogP contribution in [-0.4, -0.2) is 11.9 Å². The number of urea groups is 1. The largest absolute Gasteiger partial charge is 0.340 e. The molecule has 0 saturated heterocycles. The summed E-state index contributed by atoms with van der Waals surface area (Å²) < 4.78 is 0.904. The first-order valence-corrected chi connectivity index (χ1v) is 4.87. The van der Waals surface area contributed by atoms with Crippen molar-refractivity contribution in [2.75, 3.05) is 0 Å². The molecule has 0 aliphatic heterocycles. The van der Waals surface area contributed by atoms with Gasteiger partial charge in [0.2, 0.25) is 0 Å². The van der Waals surface area contributed by atoms with Crippen LogP contribution in [0.1, 0.15) is 5.56 Å². The first-order chi connectivity index (χ1) is 7.08. The van der Waals surface area contributed by atoms with Gasteiger partial charge in [-0.25, -0.2) is 10.5 Å². The third-order valence-electron chi connectivity index (χ3n) is 1.51. The van der Waals surface area contributed by atoms with Crippen LogP contribution in [0, 0.1) is 0 Å². The molecule has 1 radical (unpaired) electrons. The number of hydrogen-bond donors (Lipinski definition) is 1. The molecular weight excluding hydrogens is 260 g/mol. The van der Waals surface area contributed by atoms with Crippen molar-refractivity contribution in [1.29, 1.82) is 0 Å². The lowest BCUT2D eigenvalue weighted by Crippen LogP contribution is -2.27. The van der Waals surface area contributed by atoms with Crippen molar-refractivity contribution in [3.63, 3.8) is 0 Å². The normalized spacial score (nSPS) is 10.2. The Balaban J connectivity index is 2.65. The van der Waals surface area contributed by atoms with Gasteiger partial charge in [0, 0.05) is 10.5 Å². The van der Waals surface area contributed by atoms with Gasteiger partial charge in [0.05, 0.1) is 0 Å². The number of rotatable bonds is 2. The molecule has 0 heterocycles. The van der Waals surface area contributed by atoms with Gasteiger partial charge in [-0.1, -0.05) is 28.1 Å². The highest BCUT2D eigenvalue weighted by atomic mass is 79.9. The van der Waals surface area contributed by atoms with Crippen molar-refractivity contribution in [2.24, 2.45) is 0 Å². The zero-order chi connectivity index (χ0) is 11.3. The van der Waals surface area contributed by atoms with Gasteiger partial charge in [0.15, 0.2) is 0 Å². The highest BCUT2D eigenvalue weighted by Crippen LogP contribution is 2.12. The van der Waals surface area contributed by atoms with Crippen molar-refractivity contribution >= 4 is 33.9 Å². The Labute approximate surface area is 95.3 Å². The first-order valence-electron chi connectivity index (χ1n) is 4.08. The maximum atomic E-state index is 11.0. The second kappa shape index (κ2) is 5.31. The maximum Gasteiger partial charge on any atom is 0.340 e. The van der Waals surface area contributed by atoms with Crippen LogP contribution in [0.4, 0.5) is 4.79 Å². The third-order valence-corrected chi connectivity index (χ3v) is 2.01. The van der Waals surface area contributed by atoms with Crippen LogP contribution in [0.5, 0.6) is 0 Å². The Morgan fingerprint density at radius 2 is 2.13 bits per heavy atom. The van der Waals surface area contributed by atoms with Crippen molar-refractivity contribution in [2.45, 2.75) is 0 Å². The summed E-state index contributed by atoms with van der Waals surface area (Å²) in [6.45, 7) is 0. The quantitative estimate of drug-likeness (QED) is 0.833. The zero-order valence-corrected chi connectivity index (χ0v) is 9.24. The summed E-state index contributed by atoms with van der Waals surface area (Å²) in [7, 11) is 0. The second-order valence-corrected chi connectivity index (χ2v) is 3.62. The van der Waals surface area contributed by atoms with E-state index in [0.29, 0.717) is 0 Å². The fourth-order valence-corrected chi connectivity index (χ4v) is 1.35. The number of benzene rings is 1. The van der Waals surface area contributed by atoms with Crippen LogP contribution >= 0.6 is 15.9 Å². The van der Waals surface area contributed by atoms with E-state index in [1.807, 2.05) is 29.6 Å². The number of carbonyl (C=O) groups is 2. The van der Waals surface area contributed by atoms with Crippen LogP contribution in [0.3, 0.4) is 0 Å². The summed E-state index contributed by atoms with van der Waals surface area (Å²) in [5, 5.41) is 1.82. The van der Waals surface area contributed by atoms with Gasteiger partial charge in [0.1, 0.15) is 0 Å². The number of imide groups is 1. The molecule has 0 spiro atoms. The molecule has 0 aromatic heterocycles. The average Bonchev–Trinajstić information content (AvgIpc) is 2.14. The number of nitrogens with one attached hydrogen (secondary N) is 2. The molecule has 77 valence electrons. The van der Waals surface area contributed by atoms with Gasteiger partial charge in [-0.2, -0.15) is 0 Å². The molecular formula is C10H8BrN2O2. The third kappa shape index (κ3) is 4.42. The fourth-order valence-electron chi connectivity index (χ4n) is 0.936. The minimum absolute atomic E-state index is 0.602. The Bertz CT molecular complexity index is 416. The van der Waals surface area contributed by atoms with E-state index in [9.17, 15) is 9.59 Å². The van der Waals surface area contributed by atoms with E-state index in [1.165, 1.54) is 6.08 Å². The Kier molecular flexibility index (Phi) is 4.05. The monoisotopic (exact) mass is 267 g/mol. The molecule has 0 unspecified atom stereocenters. The van der Waals surface area contributed by atoms with Gasteiger partial charge in [-0.15, -0.1) is 0 Å². The van der Waals surface area contributed by atoms with Crippen LogP contribution in [0.15, 0.2) is 34.8 Å². The van der Waals surface area contributed by atoms with Crippen molar-refractivity contribution in [1.82, 2.24) is 11.1 Å². The molecule has 1 aromatic carbocycles. The molecule has 0 atom stereocenters. The van der Waals surface area contributed by atoms with Gasteiger partial charge in [-0.3, -0.25) is 10.1 Å². The van der Waals surface area contributed by atoms with Crippen LogP contribution in [-0.2, 0) is 4.79 Å². The van der Waals surface area contributed by atoms with Crippen molar-refractivity contribution in [3.05, 3.63) is 40.4 Å². The molecule has 0 fully saturated rings. The molecule has 5 heteroatoms. The van der Waals surface area contributed by atoms with Gasteiger partial charge in [0.25, 0.3) is 5.91 Å². The molecule has 0 saturated carbocycles. The van der Waals surface area contributed by atoms with E-state index in [-0.39, 0.29) is 0 Å². The van der Waals surface area contributed by atoms with Crippen LogP contribution in [0.25, 0.3) is 6.08 Å². The standard InChI is InChI=1S/C10H8BrN2O2/c11-8-3-1-2-7(6-8)4-5-9(14)13-10(12)15/h1-6,12H,(H,13,14,15). The SMILES string of the molecule is [NH]C(=O)NC(=O)C=Cc1cccc(Br)c1. The first kappa shape index (κ1) is 11.5. The van der Waals surface area contributed by atoms with E-state index in [1.54, 1.807) is 6.08 Å². The smallest absolute Gasteiger partial charge is 0.273 e. The number of amides is 3. The molecule has 15 heavy (non-hydrogen) atoms. The highest BCUT2D eigenvalue weighted by molar-refractivity contribution is 9.10. The summed E-state index contributed by atoms with van der Waals surface area (Å²) in [4.78, 5) is 21.2. The van der Waals surface area contributed by atoms with Crippen LogP contribution in [0.2, 0.25) is 0 Å². The van der Waals surface area contributed by atoms with Crippen molar-refractivity contribution < 1.29 is 9.59 Å². The Morgan fingerprint density at radius 3 is 2.73 bits per heavy atom. The van der Waals surface area contributed by atoms with Gasteiger partial charge < -0.3 is 0 Å². The lowest BCUT2D eigenvalue weighted by atomic mass is 10.2. The maximum absolute atomic E-state index is 11.0. The predicted octanol–water partition coefficient (Wildman–Crippen LogP) is 1.98. The number of hydrogen-bond acceptors (Lipinski definition) is 2. The minimum Gasteiger partial charge on any atom is -0.273 e. The van der Waals surface area contributed by atoms with E-state index >= 15 is 0 Å². The van der Waals surface area contributed by atoms with Crippen LogP contribution < -0.4 is 11.1 Å². The predicted molar refractivity (Wildman–Crippen MR) is 59.8 cm³/mol. The lowest BCUT2D eigenvalue weighted by molar-refractivity contribution is -0.115.